The van der Waals surface area contributed by atoms with Gasteiger partial charge in [-0.3, -0.25) is 19.7 Å². The molecule has 1 unspecified atom stereocenters. The lowest BCUT2D eigenvalue weighted by Gasteiger charge is -2.25. The van der Waals surface area contributed by atoms with E-state index in [9.17, 15) is 14.4 Å². The van der Waals surface area contributed by atoms with Gasteiger partial charge in [0, 0.05) is 37.9 Å². The van der Waals surface area contributed by atoms with Crippen LogP contribution in [-0.4, -0.2) is 75.3 Å². The zero-order valence-corrected chi connectivity index (χ0v) is 21.6. The molecule has 0 spiro atoms. The Balaban J connectivity index is 1.40. The van der Waals surface area contributed by atoms with Crippen molar-refractivity contribution in [3.05, 3.63) is 60.4 Å². The Labute approximate surface area is 221 Å². The number of likely N-dealkylation sites (tertiary alicyclic amines) is 2. The Hall–Kier alpha value is -4.21. The molecule has 2 N–H and O–H groups in total. The third kappa shape index (κ3) is 5.85. The van der Waals surface area contributed by atoms with Crippen LogP contribution in [0.3, 0.4) is 0 Å². The zero-order valence-electron chi connectivity index (χ0n) is 21.6. The fraction of sp³-hybridized carbons (Fsp3) is 0.393. The van der Waals surface area contributed by atoms with Crippen molar-refractivity contribution in [2.24, 2.45) is 12.0 Å². The van der Waals surface area contributed by atoms with Gasteiger partial charge in [-0.2, -0.15) is 0 Å². The van der Waals surface area contributed by atoms with E-state index in [1.807, 2.05) is 40.8 Å². The van der Waals surface area contributed by atoms with Crippen molar-refractivity contribution in [3.63, 3.8) is 0 Å². The van der Waals surface area contributed by atoms with E-state index in [0.29, 0.717) is 24.2 Å². The zero-order chi connectivity index (χ0) is 26.5. The van der Waals surface area contributed by atoms with Crippen LogP contribution in [0.25, 0.3) is 11.0 Å². The van der Waals surface area contributed by atoms with Gasteiger partial charge in [0.05, 0.1) is 23.9 Å². The molecule has 0 aliphatic carbocycles. The lowest BCUT2D eigenvalue weighted by Crippen LogP contribution is -2.45. The smallest absolute Gasteiger partial charge is 0.257 e. The summed E-state index contributed by atoms with van der Waals surface area (Å²) in [5, 5.41) is 6.07. The number of imidazole rings is 1. The highest BCUT2D eigenvalue weighted by atomic mass is 16.2. The summed E-state index contributed by atoms with van der Waals surface area (Å²) >= 11 is 0. The molecule has 2 aromatic carbocycles. The van der Waals surface area contributed by atoms with E-state index in [4.69, 9.17) is 4.99 Å². The van der Waals surface area contributed by atoms with Crippen molar-refractivity contribution in [1.29, 1.82) is 0 Å². The molecule has 2 aliphatic rings. The monoisotopic (exact) mass is 515 g/mol. The molecule has 0 radical (unpaired) electrons. The number of carbonyl (C=O) groups is 3. The van der Waals surface area contributed by atoms with Gasteiger partial charge < -0.3 is 19.7 Å². The van der Waals surface area contributed by atoms with Crippen molar-refractivity contribution in [2.45, 2.75) is 38.1 Å². The topological polar surface area (TPSA) is 112 Å². The van der Waals surface area contributed by atoms with Gasteiger partial charge in [-0.25, -0.2) is 9.98 Å². The fourth-order valence-corrected chi connectivity index (χ4v) is 4.95. The summed E-state index contributed by atoms with van der Waals surface area (Å²) in [7, 11) is 1.91. The molecule has 0 bridgehead atoms. The minimum Gasteiger partial charge on any atom is -0.341 e. The van der Waals surface area contributed by atoms with E-state index < -0.39 is 6.04 Å². The Morgan fingerprint density at radius 3 is 2.58 bits per heavy atom. The van der Waals surface area contributed by atoms with Gasteiger partial charge in [-0.05, 0) is 62.4 Å². The number of aliphatic imine (C=N–C) groups is 1. The maximum Gasteiger partial charge on any atom is 0.257 e. The molecular formula is C28H33N7O3. The molecule has 3 heterocycles. The molecule has 1 aromatic heterocycles. The van der Waals surface area contributed by atoms with Gasteiger partial charge in [0.15, 0.2) is 0 Å². The molecule has 1 atom stereocenters. The number of anilines is 1. The third-order valence-electron chi connectivity index (χ3n) is 7.08. The Kier molecular flexibility index (Phi) is 7.67. The van der Waals surface area contributed by atoms with E-state index in [-0.39, 0.29) is 30.2 Å². The van der Waals surface area contributed by atoms with Crippen LogP contribution >= 0.6 is 0 Å². The molecule has 2 fully saturated rings. The highest BCUT2D eigenvalue weighted by Gasteiger charge is 2.30. The number of carbonyl (C=O) groups excluding carboxylic acids is 3. The van der Waals surface area contributed by atoms with Crippen molar-refractivity contribution in [1.82, 2.24) is 24.7 Å². The highest BCUT2D eigenvalue weighted by molar-refractivity contribution is 6.10. The first-order valence-corrected chi connectivity index (χ1v) is 13.2. The number of rotatable bonds is 5. The first kappa shape index (κ1) is 25.4. The van der Waals surface area contributed by atoms with E-state index in [0.717, 1.165) is 49.8 Å². The summed E-state index contributed by atoms with van der Waals surface area (Å²) in [5.41, 5.74) is 2.95. The van der Waals surface area contributed by atoms with Crippen LogP contribution in [0.15, 0.2) is 59.9 Å². The van der Waals surface area contributed by atoms with Crippen molar-refractivity contribution < 1.29 is 14.4 Å². The molecule has 2 aliphatic heterocycles. The molecule has 10 heteroatoms. The summed E-state index contributed by atoms with van der Waals surface area (Å²) in [6.07, 6.45) is 5.90. The molecule has 2 saturated heterocycles. The SMILES string of the molecule is Cn1cnc2ccc(NC(=NC3CCCCN(CC(=O)N4CCCC4)C3=O)NC(=O)c3ccccc3)cc21. The summed E-state index contributed by atoms with van der Waals surface area (Å²) in [6, 6.07) is 13.8. The van der Waals surface area contributed by atoms with Crippen LogP contribution in [0.4, 0.5) is 5.69 Å². The largest absolute Gasteiger partial charge is 0.341 e. The normalized spacial score (nSPS) is 18.5. The highest BCUT2D eigenvalue weighted by Crippen LogP contribution is 2.19. The Morgan fingerprint density at radius 2 is 1.79 bits per heavy atom. The second-order valence-electron chi connectivity index (χ2n) is 9.84. The fourth-order valence-electron chi connectivity index (χ4n) is 4.95. The van der Waals surface area contributed by atoms with Crippen LogP contribution in [0.5, 0.6) is 0 Å². The van der Waals surface area contributed by atoms with Gasteiger partial charge in [0.25, 0.3) is 5.91 Å². The first-order chi connectivity index (χ1) is 18.5. The van der Waals surface area contributed by atoms with Crippen molar-refractivity contribution >= 4 is 40.4 Å². The Morgan fingerprint density at radius 1 is 1.03 bits per heavy atom. The van der Waals surface area contributed by atoms with Crippen LogP contribution in [0.1, 0.15) is 42.5 Å². The minimum atomic E-state index is -0.706. The third-order valence-corrected chi connectivity index (χ3v) is 7.08. The minimum absolute atomic E-state index is 0.0133. The number of benzene rings is 2. The molecule has 10 nitrogen and oxygen atoms in total. The molecule has 5 rings (SSSR count). The summed E-state index contributed by atoms with van der Waals surface area (Å²) in [4.78, 5) is 51.9. The second-order valence-corrected chi connectivity index (χ2v) is 9.84. The number of hydrogen-bond donors (Lipinski definition) is 2. The van der Waals surface area contributed by atoms with E-state index in [1.165, 1.54) is 0 Å². The molecule has 0 saturated carbocycles. The van der Waals surface area contributed by atoms with E-state index in [2.05, 4.69) is 15.6 Å². The molecule has 198 valence electrons. The second kappa shape index (κ2) is 11.5. The van der Waals surface area contributed by atoms with Gasteiger partial charge in [-0.15, -0.1) is 0 Å². The number of nitrogens with one attached hydrogen (secondary N) is 2. The first-order valence-electron chi connectivity index (χ1n) is 13.2. The van der Waals surface area contributed by atoms with Crippen molar-refractivity contribution in [2.75, 3.05) is 31.5 Å². The number of fused-ring (bicyclic) bond motifs is 1. The van der Waals surface area contributed by atoms with E-state index in [1.54, 1.807) is 35.5 Å². The average Bonchev–Trinajstić information content (AvgIpc) is 3.56. The summed E-state index contributed by atoms with van der Waals surface area (Å²) < 4.78 is 1.91. The lowest BCUT2D eigenvalue weighted by atomic mass is 10.1. The maximum atomic E-state index is 13.5. The van der Waals surface area contributed by atoms with Crippen LogP contribution in [-0.2, 0) is 16.6 Å². The molecule has 38 heavy (non-hydrogen) atoms. The predicted octanol–water partition coefficient (Wildman–Crippen LogP) is 2.77. The Bertz CT molecular complexity index is 1340. The maximum absolute atomic E-state index is 13.5. The van der Waals surface area contributed by atoms with Gasteiger partial charge in [0.2, 0.25) is 17.8 Å². The standard InChI is InChI=1S/C28H33N7O3/c1-33-19-29-22-13-12-21(17-24(22)33)30-28(32-26(37)20-9-3-2-4-10-20)31-23-11-5-6-16-35(27(23)38)18-25(36)34-14-7-8-15-34/h2-4,9-10,12-13,17,19,23H,5-8,11,14-16,18H2,1H3,(H2,30,31,32,37). The van der Waals surface area contributed by atoms with Gasteiger partial charge >= 0.3 is 0 Å². The number of aryl methyl sites for hydroxylation is 1. The molecular weight excluding hydrogens is 482 g/mol. The van der Waals surface area contributed by atoms with Crippen LogP contribution in [0.2, 0.25) is 0 Å². The lowest BCUT2D eigenvalue weighted by molar-refractivity contribution is -0.140. The average molecular weight is 516 g/mol. The van der Waals surface area contributed by atoms with E-state index >= 15 is 0 Å². The number of amides is 3. The van der Waals surface area contributed by atoms with Gasteiger partial charge in [0.1, 0.15) is 6.04 Å². The number of hydrogen-bond acceptors (Lipinski definition) is 5. The number of guanidine groups is 1. The quantitative estimate of drug-likeness (QED) is 0.401. The van der Waals surface area contributed by atoms with Crippen LogP contribution < -0.4 is 10.6 Å². The number of aromatic nitrogens is 2. The van der Waals surface area contributed by atoms with Crippen LogP contribution in [0, 0.1) is 0 Å². The molecule has 3 amide bonds. The summed E-state index contributed by atoms with van der Waals surface area (Å²) in [6.45, 7) is 2.11. The summed E-state index contributed by atoms with van der Waals surface area (Å²) in [5.74, 6) is -0.349. The van der Waals surface area contributed by atoms with Crippen molar-refractivity contribution in [3.8, 4) is 0 Å². The predicted molar refractivity (Wildman–Crippen MR) is 146 cm³/mol. The number of nitrogens with zero attached hydrogens (tertiary/aromatic N) is 5. The molecule has 3 aromatic rings. The van der Waals surface area contributed by atoms with Gasteiger partial charge in [-0.1, -0.05) is 18.2 Å².